The molecule has 5 rings (SSSR count). The van der Waals surface area contributed by atoms with Crippen molar-refractivity contribution in [2.45, 2.75) is 44.8 Å². The summed E-state index contributed by atoms with van der Waals surface area (Å²) in [6.07, 6.45) is 2.71. The molecule has 2 aliphatic heterocycles. The second-order valence-electron chi connectivity index (χ2n) is 11.3. The molecule has 3 aliphatic rings. The first-order chi connectivity index (χ1) is 21.4. The van der Waals surface area contributed by atoms with E-state index in [-0.39, 0.29) is 84.9 Å². The molecule has 1 aromatic carbocycles. The summed E-state index contributed by atoms with van der Waals surface area (Å²) in [7, 11) is -0.684. The number of nitrogens with zero attached hydrogens (tertiary/aromatic N) is 2. The monoisotopic (exact) mass is 711 g/mol. The van der Waals surface area contributed by atoms with Gasteiger partial charge in [-0.2, -0.15) is 0 Å². The van der Waals surface area contributed by atoms with E-state index in [0.717, 1.165) is 45.8 Å². The second kappa shape index (κ2) is 17.2. The van der Waals surface area contributed by atoms with Crippen LogP contribution in [0.4, 0.5) is 18.9 Å². The van der Waals surface area contributed by atoms with Gasteiger partial charge in [0.15, 0.2) is 11.6 Å². The van der Waals surface area contributed by atoms with E-state index in [2.05, 4.69) is 14.6 Å². The normalized spacial score (nSPS) is 21.5. The molecule has 0 amide bonds. The van der Waals surface area contributed by atoms with Gasteiger partial charge in [0.25, 0.3) is 11.9 Å². The molecule has 5 N–H and O–H groups in total. The highest BCUT2D eigenvalue weighted by Gasteiger charge is 2.38. The Kier molecular flexibility index (Phi) is 14.6. The molecule has 0 spiro atoms. The Morgan fingerprint density at radius 2 is 1.60 bits per heavy atom. The van der Waals surface area contributed by atoms with Crippen molar-refractivity contribution in [1.82, 2.24) is 9.88 Å². The van der Waals surface area contributed by atoms with Gasteiger partial charge in [-0.15, -0.1) is 24.8 Å². The molecule has 0 radical (unpaired) electrons. The van der Waals surface area contributed by atoms with E-state index in [1.54, 1.807) is 9.47 Å². The fourth-order valence-corrected chi connectivity index (χ4v) is 5.38. The maximum Gasteiger partial charge on any atom is 0.870 e. The number of fused-ring (bicyclic) bond motifs is 1. The highest BCUT2D eigenvalue weighted by Crippen LogP contribution is 2.44. The summed E-state index contributed by atoms with van der Waals surface area (Å²) in [5.74, 6) is -4.21. The van der Waals surface area contributed by atoms with Crippen LogP contribution >= 0.6 is 24.8 Å². The molecule has 1 aromatic heterocycles. The lowest BCUT2D eigenvalue weighted by Crippen LogP contribution is -2.35. The van der Waals surface area contributed by atoms with Gasteiger partial charge < -0.3 is 45.0 Å². The lowest BCUT2D eigenvalue weighted by molar-refractivity contribution is -0.139. The van der Waals surface area contributed by atoms with Crippen LogP contribution in [0, 0.1) is 17.7 Å². The molecule has 0 bridgehead atoms. The fourth-order valence-electron chi connectivity index (χ4n) is 5.38. The Hall–Kier alpha value is -3.25. The zero-order chi connectivity index (χ0) is 33.0. The number of carbonyl (C=O) groups excluding carboxylic acids is 3. The first-order valence-corrected chi connectivity index (χ1v) is 14.5. The highest BCUT2D eigenvalue weighted by molar-refractivity contribution is 6.44. The number of hydrogen-bond acceptors (Lipinski definition) is 12. The Bertz CT molecular complexity index is 1490. The van der Waals surface area contributed by atoms with Crippen molar-refractivity contribution in [3.63, 3.8) is 0 Å². The fraction of sp³-hybridized carbons (Fsp3) is 0.571. The summed E-state index contributed by atoms with van der Waals surface area (Å²) < 4.78 is 62.2. The molecule has 0 unspecified atom stereocenters. The van der Waals surface area contributed by atoms with Crippen LogP contribution in [-0.2, 0) is 23.6 Å². The number of halogens is 5. The summed E-state index contributed by atoms with van der Waals surface area (Å²) in [6, 6.07) is 0.420. The van der Waals surface area contributed by atoms with Crippen LogP contribution in [0.1, 0.15) is 43.1 Å². The van der Waals surface area contributed by atoms with E-state index in [4.69, 9.17) is 20.9 Å². The van der Waals surface area contributed by atoms with Crippen molar-refractivity contribution >= 4 is 66.6 Å². The molecular weight excluding hydrogens is 673 g/mol. The highest BCUT2D eigenvalue weighted by atomic mass is 35.5. The maximum absolute atomic E-state index is 15.5. The second-order valence-corrected chi connectivity index (χ2v) is 11.3. The number of benzene rings is 1. The lowest BCUT2D eigenvalue weighted by Gasteiger charge is -2.24. The van der Waals surface area contributed by atoms with Gasteiger partial charge in [-0.1, -0.05) is 0 Å². The Morgan fingerprint density at radius 1 is 0.979 bits per heavy atom. The molecule has 262 valence electrons. The quantitative estimate of drug-likeness (QED) is 0.322. The van der Waals surface area contributed by atoms with Gasteiger partial charge in [-0.25, -0.2) is 9.18 Å². The van der Waals surface area contributed by atoms with Gasteiger partial charge >= 0.3 is 13.3 Å². The number of aromatic nitrogens is 1. The number of anilines is 1. The van der Waals surface area contributed by atoms with E-state index in [0.29, 0.717) is 0 Å². The van der Waals surface area contributed by atoms with Crippen LogP contribution in [0.2, 0.25) is 0 Å². The Balaban J connectivity index is 0.000000673. The molecule has 13 nitrogen and oxygen atoms in total. The molecule has 19 heteroatoms. The zero-order valence-electron chi connectivity index (χ0n) is 26.0. The number of nitrogens with two attached hydrogens (primary N) is 2. The number of rotatable bonds is 9. The summed E-state index contributed by atoms with van der Waals surface area (Å²) in [5.41, 5.74) is 10.5. The molecule has 3 heterocycles. The van der Waals surface area contributed by atoms with E-state index < -0.39 is 60.7 Å². The minimum Gasteiger partial charge on any atom is -0.492 e. The number of methoxy groups -OCH3 is 1. The molecule has 4 atom stereocenters. The zero-order valence-corrected chi connectivity index (χ0v) is 27.7. The maximum atomic E-state index is 15.5. The van der Waals surface area contributed by atoms with Crippen LogP contribution in [0.15, 0.2) is 17.1 Å². The average molecular weight is 712 g/mol. The Morgan fingerprint density at radius 3 is 2.04 bits per heavy atom. The molecule has 1 saturated carbocycles. The van der Waals surface area contributed by atoms with Crippen molar-refractivity contribution in [3.8, 4) is 5.75 Å². The first kappa shape index (κ1) is 39.9. The summed E-state index contributed by atoms with van der Waals surface area (Å²) in [5, 5.41) is 2.86. The van der Waals surface area contributed by atoms with Gasteiger partial charge in [0.2, 0.25) is 5.43 Å². The van der Waals surface area contributed by atoms with E-state index in [9.17, 15) is 28.0 Å². The SMILES string of the molecule is COc1c(N2C[C@H](CF)[C@H](N)C2)c(F)cc2c(=O)c(C(=O)OB(OC(C)=O)OC(C)=O)cn(C3CC3)c12.Cl.Cl.N[C@@H]1CNC[C@@H]1CF. The Labute approximate surface area is 281 Å². The molecule has 1 aliphatic carbocycles. The summed E-state index contributed by atoms with van der Waals surface area (Å²) in [4.78, 5) is 50.4. The molecule has 2 aromatic rings. The van der Waals surface area contributed by atoms with Crippen LogP contribution < -0.4 is 31.8 Å². The van der Waals surface area contributed by atoms with Crippen molar-refractivity contribution in [2.24, 2.45) is 23.3 Å². The van der Waals surface area contributed by atoms with Gasteiger partial charge in [0.05, 0.1) is 31.4 Å². The third-order valence-corrected chi connectivity index (χ3v) is 7.89. The number of alkyl halides is 2. The van der Waals surface area contributed by atoms with Crippen molar-refractivity contribution in [1.29, 1.82) is 0 Å². The number of pyridine rings is 1. The van der Waals surface area contributed by atoms with E-state index >= 15 is 4.39 Å². The third kappa shape index (κ3) is 9.22. The van der Waals surface area contributed by atoms with Crippen LogP contribution in [0.5, 0.6) is 5.75 Å². The van der Waals surface area contributed by atoms with Gasteiger partial charge in [0.1, 0.15) is 11.3 Å². The van der Waals surface area contributed by atoms with E-state index in [1.165, 1.54) is 13.3 Å². The molecule has 3 fully saturated rings. The van der Waals surface area contributed by atoms with Crippen molar-refractivity contribution in [2.75, 3.05) is 51.5 Å². The number of hydrogen-bond donors (Lipinski definition) is 3. The number of nitrogens with one attached hydrogen (secondary N) is 1. The third-order valence-electron chi connectivity index (χ3n) is 7.89. The molecular formula is C28H39BCl2F3N5O8. The van der Waals surface area contributed by atoms with Crippen LogP contribution in [0.3, 0.4) is 0 Å². The lowest BCUT2D eigenvalue weighted by atomic mass is 10.1. The predicted molar refractivity (Wildman–Crippen MR) is 172 cm³/mol. The van der Waals surface area contributed by atoms with Gasteiger partial charge in [-0.3, -0.25) is 23.2 Å². The summed E-state index contributed by atoms with van der Waals surface area (Å²) in [6.45, 7) is 2.96. The summed E-state index contributed by atoms with van der Waals surface area (Å²) >= 11 is 0. The number of carbonyl (C=O) groups is 3. The predicted octanol–water partition coefficient (Wildman–Crippen LogP) is 1.83. The number of ether oxygens (including phenoxy) is 1. The largest absolute Gasteiger partial charge is 0.870 e. The van der Waals surface area contributed by atoms with Crippen LogP contribution in [0.25, 0.3) is 10.9 Å². The minimum atomic E-state index is -2.01. The standard InChI is InChI=1S/C23H26BF2N3O8.C5H11FN2.2ClH/c1-11(30)35-24(36-12(2)31)37-23(33)16-9-29(14-4-5-14)19-15(21(16)32)6-17(26)20(22(19)34-3)28-8-13(7-25)18(27)10-28;6-1-4-2-8-3-5(4)7;;/h6,9,13-14,18H,4-5,7-8,10,27H2,1-3H3;4-5,8H,1-3,7H2;2*1H/t13-,18+;4-,5+;;/m00../s1. The first-order valence-electron chi connectivity index (χ1n) is 14.5. The van der Waals surface area contributed by atoms with Crippen LogP contribution in [-0.4, -0.2) is 88.5 Å². The molecule has 47 heavy (non-hydrogen) atoms. The van der Waals surface area contributed by atoms with Gasteiger partial charge in [-0.05, 0) is 18.9 Å². The van der Waals surface area contributed by atoms with Crippen molar-refractivity contribution in [3.05, 3.63) is 33.9 Å². The smallest absolute Gasteiger partial charge is 0.492 e. The van der Waals surface area contributed by atoms with Gasteiger partial charge in [0, 0.05) is 76.2 Å². The average Bonchev–Trinajstić information content (AvgIpc) is 3.63. The topological polar surface area (TPSA) is 177 Å². The minimum absolute atomic E-state index is 0. The van der Waals surface area contributed by atoms with E-state index in [1.807, 2.05) is 0 Å². The molecule has 2 saturated heterocycles. The van der Waals surface area contributed by atoms with Crippen molar-refractivity contribution < 1.29 is 46.3 Å².